The van der Waals surface area contributed by atoms with Gasteiger partial charge >= 0.3 is 0 Å². The average Bonchev–Trinajstić information content (AvgIpc) is 2.19. The summed E-state index contributed by atoms with van der Waals surface area (Å²) in [6.07, 6.45) is 1.83. The normalized spacial score (nSPS) is 12.8. The smallest absolute Gasteiger partial charge is 0.0273 e. The van der Waals surface area contributed by atoms with Gasteiger partial charge in [-0.25, -0.2) is 4.84 Å². The summed E-state index contributed by atoms with van der Waals surface area (Å²) in [4.78, 5) is 2.74. The van der Waals surface area contributed by atoms with Crippen molar-refractivity contribution in [2.45, 2.75) is 18.9 Å². The molecule has 0 saturated heterocycles. The molecule has 3 N–H and O–H groups in total. The van der Waals surface area contributed by atoms with Crippen LogP contribution in [0.4, 0.5) is 0 Å². The summed E-state index contributed by atoms with van der Waals surface area (Å²) in [6, 6.07) is 10.5. The Kier molecular flexibility index (Phi) is 4.83. The molecule has 0 fully saturated rings. The summed E-state index contributed by atoms with van der Waals surface area (Å²) in [5.41, 5.74) is 6.75. The highest BCUT2D eigenvalue weighted by atomic mass is 35.5. The van der Waals surface area contributed by atoms with E-state index in [0.717, 1.165) is 12.8 Å². The molecule has 0 radical (unpaired) electrons. The molecule has 13 heavy (non-hydrogen) atoms. The first-order chi connectivity index (χ1) is 6.36. The molecule has 0 bridgehead atoms. The van der Waals surface area contributed by atoms with Crippen molar-refractivity contribution >= 4 is 11.8 Å². The van der Waals surface area contributed by atoms with Gasteiger partial charge < -0.3 is 5.73 Å². The maximum absolute atomic E-state index is 5.59. The second kappa shape index (κ2) is 5.97. The van der Waals surface area contributed by atoms with Crippen LogP contribution in [0.15, 0.2) is 30.3 Å². The maximum Gasteiger partial charge on any atom is 0.0273 e. The van der Waals surface area contributed by atoms with Gasteiger partial charge in [0, 0.05) is 6.04 Å². The van der Waals surface area contributed by atoms with Gasteiger partial charge in [0.15, 0.2) is 0 Å². The average molecular weight is 199 g/mol. The summed E-state index contributed by atoms with van der Waals surface area (Å²) >= 11 is 5.59. The predicted molar refractivity (Wildman–Crippen MR) is 56.6 cm³/mol. The number of nitrogens with two attached hydrogens (primary N) is 1. The first-order valence-corrected chi connectivity index (χ1v) is 4.84. The van der Waals surface area contributed by atoms with Gasteiger partial charge in [-0.15, -0.1) is 0 Å². The predicted octanol–water partition coefficient (Wildman–Crippen LogP) is 1.69. The van der Waals surface area contributed by atoms with Gasteiger partial charge in [0.2, 0.25) is 0 Å². The molecule has 0 aromatic heterocycles. The van der Waals surface area contributed by atoms with E-state index in [2.05, 4.69) is 17.0 Å². The van der Waals surface area contributed by atoms with Crippen LogP contribution >= 0.6 is 11.8 Å². The Balaban J connectivity index is 2.46. The fourth-order valence-electron chi connectivity index (χ4n) is 1.29. The topological polar surface area (TPSA) is 38.0 Å². The van der Waals surface area contributed by atoms with E-state index in [1.165, 1.54) is 5.56 Å². The van der Waals surface area contributed by atoms with Crippen LogP contribution in [0.25, 0.3) is 0 Å². The Hall–Kier alpha value is -0.570. The van der Waals surface area contributed by atoms with Gasteiger partial charge in [-0.1, -0.05) is 30.3 Å². The molecule has 0 heterocycles. The Morgan fingerprint density at radius 2 is 2.00 bits per heavy atom. The molecule has 1 atom stereocenters. The number of hydrogen-bond donors (Lipinski definition) is 2. The van der Waals surface area contributed by atoms with E-state index in [9.17, 15) is 0 Å². The minimum Gasteiger partial charge on any atom is -0.330 e. The number of halogens is 1. The summed E-state index contributed by atoms with van der Waals surface area (Å²) in [5.74, 6) is 0. The number of hydrogen-bond acceptors (Lipinski definition) is 2. The standard InChI is InChI=1S/C10H15ClN2/c11-13-10(6-7-12)8-9-4-2-1-3-5-9/h1-5,10,13H,6-8,12H2. The van der Waals surface area contributed by atoms with Crippen LogP contribution < -0.4 is 10.6 Å². The molecule has 1 rings (SSSR count). The van der Waals surface area contributed by atoms with Crippen molar-refractivity contribution < 1.29 is 0 Å². The quantitative estimate of drug-likeness (QED) is 0.707. The van der Waals surface area contributed by atoms with Crippen LogP contribution in [0, 0.1) is 0 Å². The van der Waals surface area contributed by atoms with Gasteiger partial charge in [0.05, 0.1) is 0 Å². The van der Waals surface area contributed by atoms with Crippen LogP contribution in [0.3, 0.4) is 0 Å². The van der Waals surface area contributed by atoms with Gasteiger partial charge in [-0.2, -0.15) is 0 Å². The van der Waals surface area contributed by atoms with Crippen LogP contribution in [0.5, 0.6) is 0 Å². The molecule has 0 aliphatic rings. The Morgan fingerprint density at radius 1 is 1.31 bits per heavy atom. The van der Waals surface area contributed by atoms with Crippen LogP contribution in [0.2, 0.25) is 0 Å². The first-order valence-electron chi connectivity index (χ1n) is 4.47. The van der Waals surface area contributed by atoms with E-state index in [-0.39, 0.29) is 6.04 Å². The molecule has 0 saturated carbocycles. The highest BCUT2D eigenvalue weighted by Gasteiger charge is 2.05. The summed E-state index contributed by atoms with van der Waals surface area (Å²) in [6.45, 7) is 0.664. The molecule has 1 aromatic carbocycles. The number of nitrogens with one attached hydrogen (secondary N) is 1. The van der Waals surface area contributed by atoms with Crippen molar-refractivity contribution in [2.75, 3.05) is 6.54 Å². The molecule has 3 heteroatoms. The lowest BCUT2D eigenvalue weighted by Gasteiger charge is -2.12. The third kappa shape index (κ3) is 3.77. The monoisotopic (exact) mass is 198 g/mol. The largest absolute Gasteiger partial charge is 0.330 e. The van der Waals surface area contributed by atoms with Crippen molar-refractivity contribution in [1.82, 2.24) is 4.84 Å². The lowest BCUT2D eigenvalue weighted by molar-refractivity contribution is 0.578. The fraction of sp³-hybridized carbons (Fsp3) is 0.400. The van der Waals surface area contributed by atoms with Gasteiger partial charge in [0.1, 0.15) is 0 Å². The third-order valence-corrected chi connectivity index (χ3v) is 2.30. The molecule has 0 amide bonds. The van der Waals surface area contributed by atoms with Crippen molar-refractivity contribution in [3.8, 4) is 0 Å². The zero-order valence-electron chi connectivity index (χ0n) is 7.54. The molecule has 2 nitrogen and oxygen atoms in total. The highest BCUT2D eigenvalue weighted by molar-refractivity contribution is 6.13. The Morgan fingerprint density at radius 3 is 2.54 bits per heavy atom. The van der Waals surface area contributed by atoms with E-state index in [1.54, 1.807) is 0 Å². The molecular weight excluding hydrogens is 184 g/mol. The molecule has 1 unspecified atom stereocenters. The molecule has 72 valence electrons. The molecular formula is C10H15ClN2. The molecule has 1 aromatic rings. The van der Waals surface area contributed by atoms with E-state index in [1.807, 2.05) is 18.2 Å². The number of benzene rings is 1. The zero-order valence-corrected chi connectivity index (χ0v) is 8.30. The molecule has 0 spiro atoms. The van der Waals surface area contributed by atoms with Crippen LogP contribution in [-0.2, 0) is 6.42 Å². The summed E-state index contributed by atoms with van der Waals surface area (Å²) in [5, 5.41) is 0. The van der Waals surface area contributed by atoms with Crippen molar-refractivity contribution in [2.24, 2.45) is 5.73 Å². The van der Waals surface area contributed by atoms with Crippen molar-refractivity contribution in [1.29, 1.82) is 0 Å². The van der Waals surface area contributed by atoms with Gasteiger partial charge in [-0.05, 0) is 36.7 Å². The van der Waals surface area contributed by atoms with Crippen LogP contribution in [-0.4, -0.2) is 12.6 Å². The zero-order chi connectivity index (χ0) is 9.52. The van der Waals surface area contributed by atoms with E-state index in [4.69, 9.17) is 17.5 Å². The van der Waals surface area contributed by atoms with Gasteiger partial charge in [-0.3, -0.25) is 0 Å². The highest BCUT2D eigenvalue weighted by Crippen LogP contribution is 2.05. The third-order valence-electron chi connectivity index (χ3n) is 1.99. The summed E-state index contributed by atoms with van der Waals surface area (Å²) < 4.78 is 0. The van der Waals surface area contributed by atoms with Gasteiger partial charge in [0.25, 0.3) is 0 Å². The van der Waals surface area contributed by atoms with E-state index < -0.39 is 0 Å². The SMILES string of the molecule is NCCC(Cc1ccccc1)NCl. The minimum absolute atomic E-state index is 0.272. The van der Waals surface area contributed by atoms with E-state index >= 15 is 0 Å². The Labute approximate surface area is 84.2 Å². The summed E-state index contributed by atoms with van der Waals surface area (Å²) in [7, 11) is 0. The molecule has 0 aliphatic carbocycles. The van der Waals surface area contributed by atoms with Crippen LogP contribution in [0.1, 0.15) is 12.0 Å². The van der Waals surface area contributed by atoms with Crippen molar-refractivity contribution in [3.63, 3.8) is 0 Å². The maximum atomic E-state index is 5.59. The van der Waals surface area contributed by atoms with Crippen molar-refractivity contribution in [3.05, 3.63) is 35.9 Å². The lowest BCUT2D eigenvalue weighted by atomic mass is 10.0. The lowest BCUT2D eigenvalue weighted by Crippen LogP contribution is -2.26. The Bertz CT molecular complexity index is 226. The fourth-order valence-corrected chi connectivity index (χ4v) is 1.48. The molecule has 0 aliphatic heterocycles. The number of rotatable bonds is 5. The second-order valence-corrected chi connectivity index (χ2v) is 3.29. The first kappa shape index (κ1) is 10.5. The second-order valence-electron chi connectivity index (χ2n) is 3.07. The van der Waals surface area contributed by atoms with E-state index in [0.29, 0.717) is 6.54 Å². The minimum atomic E-state index is 0.272.